The van der Waals surface area contributed by atoms with Gasteiger partial charge < -0.3 is 26.8 Å². The van der Waals surface area contributed by atoms with Crippen LogP contribution in [0.25, 0.3) is 0 Å². The number of carboxylic acids is 1. The highest BCUT2D eigenvalue weighted by Gasteiger charge is 2.33. The standard InChI is InChI=1S/C8H18N3O5P/c1-4(9)7(12)11-6(8(13)14)3-17(15,16)5(2)10/h4-6H,3,9-10H2,1-2H3,(H,11,12)(H,13,14)(H,15,16)/t4-,5?,6?/m1/s1. The van der Waals surface area contributed by atoms with Crippen molar-refractivity contribution < 1.29 is 24.2 Å². The number of rotatable bonds is 6. The molecule has 0 rings (SSSR count). The molecule has 0 saturated heterocycles. The van der Waals surface area contributed by atoms with Crippen molar-refractivity contribution in [3.63, 3.8) is 0 Å². The van der Waals surface area contributed by atoms with Crippen molar-refractivity contribution >= 4 is 19.2 Å². The van der Waals surface area contributed by atoms with Gasteiger partial charge >= 0.3 is 5.97 Å². The number of hydrogen-bond donors (Lipinski definition) is 5. The van der Waals surface area contributed by atoms with Crippen LogP contribution in [-0.4, -0.2) is 45.9 Å². The van der Waals surface area contributed by atoms with Crippen molar-refractivity contribution in [2.75, 3.05) is 6.16 Å². The molecule has 0 aromatic carbocycles. The van der Waals surface area contributed by atoms with Crippen LogP contribution < -0.4 is 16.8 Å². The van der Waals surface area contributed by atoms with E-state index in [1.54, 1.807) is 0 Å². The van der Waals surface area contributed by atoms with Crippen LogP contribution in [0.5, 0.6) is 0 Å². The van der Waals surface area contributed by atoms with E-state index < -0.39 is 43.3 Å². The van der Waals surface area contributed by atoms with Gasteiger partial charge in [0.25, 0.3) is 0 Å². The minimum atomic E-state index is -3.82. The molecule has 0 aliphatic rings. The number of hydrogen-bond acceptors (Lipinski definition) is 5. The maximum atomic E-state index is 11.6. The van der Waals surface area contributed by atoms with Crippen LogP contribution in [0, 0.1) is 0 Å². The van der Waals surface area contributed by atoms with E-state index in [2.05, 4.69) is 5.32 Å². The normalized spacial score (nSPS) is 19.8. The highest BCUT2D eigenvalue weighted by atomic mass is 31.2. The van der Waals surface area contributed by atoms with Crippen LogP contribution in [0.1, 0.15) is 13.8 Å². The quantitative estimate of drug-likeness (QED) is 0.366. The third kappa shape index (κ3) is 5.27. The molecule has 0 fully saturated rings. The largest absolute Gasteiger partial charge is 0.480 e. The Morgan fingerprint density at radius 2 is 1.82 bits per heavy atom. The predicted octanol–water partition coefficient (Wildman–Crippen LogP) is -1.52. The summed E-state index contributed by atoms with van der Waals surface area (Å²) in [5.41, 5.74) is 10.5. The zero-order valence-corrected chi connectivity index (χ0v) is 10.6. The fourth-order valence-electron chi connectivity index (χ4n) is 0.917. The lowest BCUT2D eigenvalue weighted by Crippen LogP contribution is -2.49. The van der Waals surface area contributed by atoms with Crippen molar-refractivity contribution in [3.05, 3.63) is 0 Å². The van der Waals surface area contributed by atoms with Gasteiger partial charge in [0.2, 0.25) is 13.3 Å². The first-order valence-corrected chi connectivity index (χ1v) is 6.85. The van der Waals surface area contributed by atoms with Gasteiger partial charge in [-0.2, -0.15) is 0 Å². The third-order valence-corrected chi connectivity index (χ3v) is 4.27. The van der Waals surface area contributed by atoms with E-state index in [1.165, 1.54) is 13.8 Å². The summed E-state index contributed by atoms with van der Waals surface area (Å²) in [4.78, 5) is 31.5. The molecule has 100 valence electrons. The second kappa shape index (κ2) is 6.11. The Hall–Kier alpha value is -0.950. The number of carboxylic acid groups (broad SMARTS) is 1. The summed E-state index contributed by atoms with van der Waals surface area (Å²) in [6, 6.07) is -2.37. The molecule has 0 saturated carbocycles. The average Bonchev–Trinajstić information content (AvgIpc) is 2.15. The Bertz CT molecular complexity index is 344. The SMILES string of the molecule is CC(N)P(=O)(O)CC(NC(=O)[C@@H](C)N)C(=O)O. The van der Waals surface area contributed by atoms with Gasteiger partial charge in [0.1, 0.15) is 6.04 Å². The minimum Gasteiger partial charge on any atom is -0.480 e. The van der Waals surface area contributed by atoms with Gasteiger partial charge in [0.05, 0.1) is 18.0 Å². The number of carbonyl (C=O) groups is 2. The Morgan fingerprint density at radius 3 is 2.12 bits per heavy atom. The van der Waals surface area contributed by atoms with Crippen LogP contribution in [-0.2, 0) is 14.2 Å². The second-order valence-corrected chi connectivity index (χ2v) is 6.56. The maximum Gasteiger partial charge on any atom is 0.326 e. The van der Waals surface area contributed by atoms with Crippen LogP contribution in [0.3, 0.4) is 0 Å². The van der Waals surface area contributed by atoms with Gasteiger partial charge in [0.15, 0.2) is 0 Å². The molecule has 0 radical (unpaired) electrons. The predicted molar refractivity (Wildman–Crippen MR) is 61.6 cm³/mol. The van der Waals surface area contributed by atoms with E-state index in [-0.39, 0.29) is 0 Å². The van der Waals surface area contributed by atoms with E-state index in [0.29, 0.717) is 0 Å². The summed E-state index contributed by atoms with van der Waals surface area (Å²) in [7, 11) is -3.82. The monoisotopic (exact) mass is 267 g/mol. The van der Waals surface area contributed by atoms with Gasteiger partial charge in [-0.15, -0.1) is 0 Å². The van der Waals surface area contributed by atoms with Gasteiger partial charge in [-0.25, -0.2) is 4.79 Å². The molecular formula is C8H18N3O5P. The highest BCUT2D eigenvalue weighted by Crippen LogP contribution is 2.43. The Balaban J connectivity index is 4.73. The van der Waals surface area contributed by atoms with Gasteiger partial charge in [-0.05, 0) is 13.8 Å². The van der Waals surface area contributed by atoms with E-state index in [4.69, 9.17) is 16.6 Å². The van der Waals surface area contributed by atoms with Crippen LogP contribution in [0.4, 0.5) is 0 Å². The van der Waals surface area contributed by atoms with E-state index in [1.807, 2.05) is 0 Å². The summed E-state index contributed by atoms with van der Waals surface area (Å²) >= 11 is 0. The van der Waals surface area contributed by atoms with Crippen molar-refractivity contribution in [1.29, 1.82) is 0 Å². The molecule has 0 aromatic rings. The third-order valence-electron chi connectivity index (χ3n) is 2.11. The van der Waals surface area contributed by atoms with E-state index in [9.17, 15) is 19.0 Å². The van der Waals surface area contributed by atoms with Crippen molar-refractivity contribution in [2.45, 2.75) is 31.7 Å². The molecule has 8 nitrogen and oxygen atoms in total. The molecule has 0 spiro atoms. The number of nitrogens with two attached hydrogens (primary N) is 2. The minimum absolute atomic E-state index is 0.627. The fourth-order valence-corrected chi connectivity index (χ4v) is 2.02. The maximum absolute atomic E-state index is 11.6. The number of carbonyl (C=O) groups excluding carboxylic acids is 1. The fraction of sp³-hybridized carbons (Fsp3) is 0.750. The first-order chi connectivity index (χ1) is 7.58. The van der Waals surface area contributed by atoms with Gasteiger partial charge in [-0.3, -0.25) is 9.36 Å². The van der Waals surface area contributed by atoms with E-state index >= 15 is 0 Å². The molecule has 0 bridgehead atoms. The molecule has 3 unspecified atom stereocenters. The first kappa shape index (κ1) is 16.1. The lowest BCUT2D eigenvalue weighted by molar-refractivity contribution is -0.141. The zero-order chi connectivity index (χ0) is 13.8. The average molecular weight is 267 g/mol. The highest BCUT2D eigenvalue weighted by molar-refractivity contribution is 7.58. The number of aliphatic carboxylic acids is 1. The smallest absolute Gasteiger partial charge is 0.326 e. The molecule has 0 aromatic heterocycles. The molecular weight excluding hydrogens is 249 g/mol. The molecule has 0 aliphatic heterocycles. The summed E-state index contributed by atoms with van der Waals surface area (Å²) in [5.74, 6) is -3.17. The van der Waals surface area contributed by atoms with Crippen molar-refractivity contribution in [1.82, 2.24) is 5.32 Å². The lowest BCUT2D eigenvalue weighted by atomic mass is 10.3. The number of amides is 1. The Morgan fingerprint density at radius 1 is 1.35 bits per heavy atom. The van der Waals surface area contributed by atoms with Crippen LogP contribution in [0.2, 0.25) is 0 Å². The second-order valence-electron chi connectivity index (χ2n) is 3.87. The topological polar surface area (TPSA) is 156 Å². The molecule has 0 heterocycles. The molecule has 9 heteroatoms. The number of nitrogens with one attached hydrogen (secondary N) is 1. The van der Waals surface area contributed by atoms with Gasteiger partial charge in [-0.1, -0.05) is 0 Å². The molecule has 4 atom stereocenters. The summed E-state index contributed by atoms with van der Waals surface area (Å²) in [5, 5.41) is 10.9. The summed E-state index contributed by atoms with van der Waals surface area (Å²) in [6.45, 7) is 2.67. The Labute approximate surface area is 98.8 Å². The van der Waals surface area contributed by atoms with Crippen LogP contribution >= 0.6 is 7.37 Å². The van der Waals surface area contributed by atoms with Crippen molar-refractivity contribution in [2.24, 2.45) is 11.5 Å². The van der Waals surface area contributed by atoms with Crippen LogP contribution in [0.15, 0.2) is 0 Å². The first-order valence-electron chi connectivity index (χ1n) is 4.93. The Kier molecular flexibility index (Phi) is 5.77. The summed E-state index contributed by atoms with van der Waals surface area (Å²) in [6.07, 6.45) is -0.627. The van der Waals surface area contributed by atoms with E-state index in [0.717, 1.165) is 0 Å². The lowest BCUT2D eigenvalue weighted by Gasteiger charge is -2.21. The van der Waals surface area contributed by atoms with Gasteiger partial charge in [0, 0.05) is 0 Å². The molecule has 7 N–H and O–H groups in total. The molecule has 17 heavy (non-hydrogen) atoms. The van der Waals surface area contributed by atoms with Crippen molar-refractivity contribution in [3.8, 4) is 0 Å². The molecule has 1 amide bonds. The molecule has 0 aliphatic carbocycles. The zero-order valence-electron chi connectivity index (χ0n) is 9.66. The summed E-state index contributed by atoms with van der Waals surface area (Å²) < 4.78 is 11.6.